The Bertz CT molecular complexity index is 588. The van der Waals surface area contributed by atoms with Crippen LogP contribution in [0.25, 0.3) is 0 Å². The van der Waals surface area contributed by atoms with Gasteiger partial charge in [0.05, 0.1) is 5.25 Å². The summed E-state index contributed by atoms with van der Waals surface area (Å²) in [6.45, 7) is 2.62. The molecule has 0 radical (unpaired) electrons. The van der Waals surface area contributed by atoms with Gasteiger partial charge in [0.1, 0.15) is 0 Å². The summed E-state index contributed by atoms with van der Waals surface area (Å²) in [5, 5.41) is 2.95. The van der Waals surface area contributed by atoms with Crippen LogP contribution in [0.1, 0.15) is 18.9 Å². The van der Waals surface area contributed by atoms with Gasteiger partial charge >= 0.3 is 0 Å². The van der Waals surface area contributed by atoms with Crippen molar-refractivity contribution in [1.29, 1.82) is 0 Å². The highest BCUT2D eigenvalue weighted by Crippen LogP contribution is 2.27. The van der Waals surface area contributed by atoms with Crippen molar-refractivity contribution in [3.8, 4) is 0 Å². The maximum absolute atomic E-state index is 12.3. The van der Waals surface area contributed by atoms with Crippen LogP contribution < -0.4 is 5.32 Å². The van der Waals surface area contributed by atoms with Crippen molar-refractivity contribution in [3.05, 3.63) is 64.6 Å². The Morgan fingerprint density at radius 3 is 2.62 bits per heavy atom. The minimum absolute atomic E-state index is 0.0667. The first-order chi connectivity index (χ1) is 10.2. The Balaban J connectivity index is 1.92. The second-order valence-electron chi connectivity index (χ2n) is 4.68. The summed E-state index contributed by atoms with van der Waals surface area (Å²) < 4.78 is 1.03. The van der Waals surface area contributed by atoms with E-state index in [-0.39, 0.29) is 11.2 Å². The summed E-state index contributed by atoms with van der Waals surface area (Å²) >= 11 is 5.06. The first-order valence-electron chi connectivity index (χ1n) is 6.93. The normalized spacial score (nSPS) is 11.9. The molecular weight excluding hydrogens is 346 g/mol. The van der Waals surface area contributed by atoms with E-state index in [9.17, 15) is 4.79 Å². The molecule has 1 unspecified atom stereocenters. The van der Waals surface area contributed by atoms with Crippen LogP contribution in [0.5, 0.6) is 0 Å². The molecular formula is C17H18BrNOS. The van der Waals surface area contributed by atoms with Crippen molar-refractivity contribution < 1.29 is 4.79 Å². The summed E-state index contributed by atoms with van der Waals surface area (Å²) in [6, 6.07) is 18.0. The van der Waals surface area contributed by atoms with Gasteiger partial charge in [0.15, 0.2) is 0 Å². The molecule has 0 aliphatic carbocycles. The molecule has 0 spiro atoms. The second-order valence-corrected chi connectivity index (χ2v) is 6.87. The van der Waals surface area contributed by atoms with Crippen molar-refractivity contribution in [2.24, 2.45) is 0 Å². The van der Waals surface area contributed by atoms with Gasteiger partial charge in [-0.05, 0) is 30.2 Å². The van der Waals surface area contributed by atoms with Crippen LogP contribution in [0.15, 0.2) is 64.0 Å². The third kappa shape index (κ3) is 5.21. The number of carbonyl (C=O) groups excluding carboxylic acids is 1. The van der Waals surface area contributed by atoms with E-state index in [4.69, 9.17) is 0 Å². The maximum atomic E-state index is 12.3. The standard InChI is InChI=1S/C17H18BrNOS/c1-2-16(21-15-10-6-9-14(18)11-15)17(20)19-12-13-7-4-3-5-8-13/h3-11,16H,2,12H2,1H3,(H,19,20). The van der Waals surface area contributed by atoms with E-state index < -0.39 is 0 Å². The minimum Gasteiger partial charge on any atom is -0.351 e. The van der Waals surface area contributed by atoms with Crippen LogP contribution in [-0.2, 0) is 11.3 Å². The Kier molecular flexibility index (Phi) is 6.33. The lowest BCUT2D eigenvalue weighted by Gasteiger charge is -2.15. The van der Waals surface area contributed by atoms with E-state index in [0.29, 0.717) is 6.54 Å². The first-order valence-corrected chi connectivity index (χ1v) is 8.60. The summed E-state index contributed by atoms with van der Waals surface area (Å²) in [5.41, 5.74) is 1.12. The topological polar surface area (TPSA) is 29.1 Å². The smallest absolute Gasteiger partial charge is 0.233 e. The van der Waals surface area contributed by atoms with Crippen LogP contribution >= 0.6 is 27.7 Å². The number of hydrogen-bond donors (Lipinski definition) is 1. The van der Waals surface area contributed by atoms with E-state index >= 15 is 0 Å². The van der Waals surface area contributed by atoms with Crippen LogP contribution in [0.2, 0.25) is 0 Å². The molecule has 0 saturated heterocycles. The number of rotatable bonds is 6. The fraction of sp³-hybridized carbons (Fsp3) is 0.235. The first kappa shape index (κ1) is 16.1. The molecule has 1 atom stereocenters. The number of thioether (sulfide) groups is 1. The average molecular weight is 364 g/mol. The van der Waals surface area contributed by atoms with Crippen molar-refractivity contribution >= 4 is 33.6 Å². The van der Waals surface area contributed by atoms with Gasteiger partial charge in [-0.2, -0.15) is 0 Å². The lowest BCUT2D eigenvalue weighted by Crippen LogP contribution is -2.31. The minimum atomic E-state index is -0.0667. The molecule has 21 heavy (non-hydrogen) atoms. The fourth-order valence-corrected chi connectivity index (χ4v) is 3.51. The highest BCUT2D eigenvalue weighted by Gasteiger charge is 2.17. The number of benzene rings is 2. The molecule has 110 valence electrons. The molecule has 2 nitrogen and oxygen atoms in total. The van der Waals surface area contributed by atoms with Crippen molar-refractivity contribution in [2.45, 2.75) is 30.0 Å². The SMILES string of the molecule is CCC(Sc1cccc(Br)c1)C(=O)NCc1ccccc1. The third-order valence-corrected chi connectivity index (χ3v) is 4.90. The largest absolute Gasteiger partial charge is 0.351 e. The molecule has 0 saturated carbocycles. The summed E-state index contributed by atoms with van der Waals surface area (Å²) in [7, 11) is 0. The van der Waals surface area contributed by atoms with E-state index in [2.05, 4.69) is 21.2 Å². The average Bonchev–Trinajstić information content (AvgIpc) is 2.51. The molecule has 4 heteroatoms. The van der Waals surface area contributed by atoms with Gasteiger partial charge in [-0.3, -0.25) is 4.79 Å². The van der Waals surface area contributed by atoms with Gasteiger partial charge in [-0.25, -0.2) is 0 Å². The van der Waals surface area contributed by atoms with Crippen LogP contribution in [-0.4, -0.2) is 11.2 Å². The Labute approximate surface area is 138 Å². The molecule has 0 heterocycles. The summed E-state index contributed by atoms with van der Waals surface area (Å²) in [5.74, 6) is 0.0892. The van der Waals surface area contributed by atoms with Crippen molar-refractivity contribution in [1.82, 2.24) is 5.32 Å². The third-order valence-electron chi connectivity index (χ3n) is 3.05. The molecule has 2 aromatic carbocycles. The number of nitrogens with one attached hydrogen (secondary N) is 1. The second kappa shape index (κ2) is 8.25. The molecule has 2 rings (SSSR count). The molecule has 0 bridgehead atoms. The van der Waals surface area contributed by atoms with E-state index in [1.54, 1.807) is 11.8 Å². The number of halogens is 1. The lowest BCUT2D eigenvalue weighted by molar-refractivity contribution is -0.120. The fourth-order valence-electron chi connectivity index (χ4n) is 1.93. The van der Waals surface area contributed by atoms with Gasteiger partial charge in [-0.15, -0.1) is 11.8 Å². The zero-order valence-corrected chi connectivity index (χ0v) is 14.3. The highest BCUT2D eigenvalue weighted by atomic mass is 79.9. The molecule has 0 fully saturated rings. The van der Waals surface area contributed by atoms with Crippen LogP contribution in [0.4, 0.5) is 0 Å². The lowest BCUT2D eigenvalue weighted by atomic mass is 10.2. The predicted molar refractivity (Wildman–Crippen MR) is 92.4 cm³/mol. The number of amides is 1. The number of carbonyl (C=O) groups is 1. The molecule has 0 aliphatic heterocycles. The quantitative estimate of drug-likeness (QED) is 0.757. The summed E-state index contributed by atoms with van der Waals surface area (Å²) in [6.07, 6.45) is 0.803. The molecule has 1 N–H and O–H groups in total. The van der Waals surface area contributed by atoms with E-state index in [0.717, 1.165) is 21.4 Å². The Morgan fingerprint density at radius 2 is 1.95 bits per heavy atom. The summed E-state index contributed by atoms with van der Waals surface area (Å²) in [4.78, 5) is 13.4. The molecule has 2 aromatic rings. The molecule has 1 amide bonds. The maximum Gasteiger partial charge on any atom is 0.233 e. The van der Waals surface area contributed by atoms with Crippen LogP contribution in [0.3, 0.4) is 0 Å². The molecule has 0 aromatic heterocycles. The zero-order valence-electron chi connectivity index (χ0n) is 11.9. The number of hydrogen-bond acceptors (Lipinski definition) is 2. The van der Waals surface area contributed by atoms with Crippen molar-refractivity contribution in [3.63, 3.8) is 0 Å². The monoisotopic (exact) mass is 363 g/mol. The van der Waals surface area contributed by atoms with Gasteiger partial charge in [0, 0.05) is 15.9 Å². The van der Waals surface area contributed by atoms with E-state index in [1.807, 2.05) is 61.5 Å². The Hall–Kier alpha value is -1.26. The highest BCUT2D eigenvalue weighted by molar-refractivity contribution is 9.10. The van der Waals surface area contributed by atoms with Gasteiger partial charge in [0.2, 0.25) is 5.91 Å². The van der Waals surface area contributed by atoms with Gasteiger partial charge in [0.25, 0.3) is 0 Å². The predicted octanol–water partition coefficient (Wildman–Crippen LogP) is 4.64. The van der Waals surface area contributed by atoms with E-state index in [1.165, 1.54) is 0 Å². The zero-order chi connectivity index (χ0) is 15.1. The van der Waals surface area contributed by atoms with Gasteiger partial charge < -0.3 is 5.32 Å². The van der Waals surface area contributed by atoms with Gasteiger partial charge in [-0.1, -0.05) is 59.3 Å². The van der Waals surface area contributed by atoms with Crippen molar-refractivity contribution in [2.75, 3.05) is 0 Å². The van der Waals surface area contributed by atoms with Crippen LogP contribution in [0, 0.1) is 0 Å². The molecule has 0 aliphatic rings. The Morgan fingerprint density at radius 1 is 1.19 bits per heavy atom.